The van der Waals surface area contributed by atoms with Crippen molar-refractivity contribution in [1.82, 2.24) is 0 Å². The zero-order valence-corrected chi connectivity index (χ0v) is 13.3. The van der Waals surface area contributed by atoms with E-state index in [0.29, 0.717) is 17.7 Å². The number of carbonyl (C=O) groups is 1. The molecule has 0 spiro atoms. The summed E-state index contributed by atoms with van der Waals surface area (Å²) in [4.78, 5) is 11.7. The molecule has 0 aliphatic heterocycles. The fourth-order valence-corrected chi connectivity index (χ4v) is 2.08. The highest BCUT2D eigenvalue weighted by atomic mass is 16.5. The fraction of sp³-hybridized carbons (Fsp3) is 0.278. The van der Waals surface area contributed by atoms with Crippen LogP contribution in [0.1, 0.15) is 18.1 Å². The van der Waals surface area contributed by atoms with E-state index in [0.717, 1.165) is 0 Å². The Labute approximate surface area is 136 Å². The molecular formula is C18H23NO4. The first-order valence-electron chi connectivity index (χ1n) is 7.26. The molecule has 23 heavy (non-hydrogen) atoms. The maximum Gasteiger partial charge on any atom is 0.345 e. The monoisotopic (exact) mass is 317 g/mol. The maximum atomic E-state index is 11.7. The number of aliphatic hydroxyl groups is 1. The molecule has 0 aliphatic carbocycles. The molecule has 0 amide bonds. The van der Waals surface area contributed by atoms with Crippen molar-refractivity contribution in [2.24, 2.45) is 5.73 Å². The van der Waals surface area contributed by atoms with Crippen molar-refractivity contribution < 1.29 is 19.7 Å². The summed E-state index contributed by atoms with van der Waals surface area (Å²) in [5.74, 6) is -1.03. The molecule has 2 aromatic carbocycles. The van der Waals surface area contributed by atoms with E-state index in [1.165, 1.54) is 7.11 Å². The number of methoxy groups -OCH3 is 1. The van der Waals surface area contributed by atoms with Gasteiger partial charge in [0.05, 0.1) is 6.10 Å². The lowest BCUT2D eigenvalue weighted by atomic mass is 9.86. The Kier molecular flexibility index (Phi) is 7.41. The molecule has 0 aromatic heterocycles. The lowest BCUT2D eigenvalue weighted by molar-refractivity contribution is -0.158. The van der Waals surface area contributed by atoms with Crippen LogP contribution >= 0.6 is 0 Å². The van der Waals surface area contributed by atoms with Gasteiger partial charge in [0.25, 0.3) is 0 Å². The first kappa shape index (κ1) is 18.8. The van der Waals surface area contributed by atoms with Gasteiger partial charge >= 0.3 is 5.97 Å². The Hall–Kier alpha value is -2.21. The Morgan fingerprint density at radius 1 is 1.09 bits per heavy atom. The van der Waals surface area contributed by atoms with Gasteiger partial charge in [-0.1, -0.05) is 60.7 Å². The Bertz CT molecular complexity index is 545. The summed E-state index contributed by atoms with van der Waals surface area (Å²) in [5.41, 5.74) is 4.67. The zero-order chi connectivity index (χ0) is 17.3. The van der Waals surface area contributed by atoms with Crippen LogP contribution in [0.15, 0.2) is 60.7 Å². The number of carboxylic acid groups (broad SMARTS) is 1. The van der Waals surface area contributed by atoms with Crippen LogP contribution in [0.2, 0.25) is 0 Å². The predicted molar refractivity (Wildman–Crippen MR) is 89.0 cm³/mol. The standard InChI is InChI=1S/C15H14O3.C3H9NO/c1-18-15(14(16)17,12-8-4-2-5-9-12)13-10-6-3-7-11-13;1-3(5)2-4/h2-11H,1H3,(H,16,17);3,5H,2,4H2,1H3. The number of carboxylic acids is 1. The van der Waals surface area contributed by atoms with Crippen LogP contribution in [0.5, 0.6) is 0 Å². The van der Waals surface area contributed by atoms with Gasteiger partial charge in [-0.2, -0.15) is 0 Å². The molecule has 0 radical (unpaired) electrons. The van der Waals surface area contributed by atoms with Crippen LogP contribution in [-0.2, 0) is 15.1 Å². The van der Waals surface area contributed by atoms with E-state index in [9.17, 15) is 9.90 Å². The van der Waals surface area contributed by atoms with Gasteiger partial charge in [0.2, 0.25) is 5.60 Å². The number of benzene rings is 2. The summed E-state index contributed by atoms with van der Waals surface area (Å²) < 4.78 is 5.37. The van der Waals surface area contributed by atoms with E-state index >= 15 is 0 Å². The highest BCUT2D eigenvalue weighted by Gasteiger charge is 2.42. The summed E-state index contributed by atoms with van der Waals surface area (Å²) in [6.45, 7) is 2.01. The van der Waals surface area contributed by atoms with Crippen LogP contribution in [0.25, 0.3) is 0 Å². The third-order valence-electron chi connectivity index (χ3n) is 3.31. The second-order valence-corrected chi connectivity index (χ2v) is 5.01. The van der Waals surface area contributed by atoms with Crippen molar-refractivity contribution in [2.45, 2.75) is 18.6 Å². The molecule has 0 aliphatic rings. The summed E-state index contributed by atoms with van der Waals surface area (Å²) in [6, 6.07) is 17.9. The number of hydrogen-bond donors (Lipinski definition) is 3. The minimum Gasteiger partial charge on any atom is -0.479 e. The molecule has 0 saturated carbocycles. The van der Waals surface area contributed by atoms with Crippen LogP contribution in [0, 0.1) is 0 Å². The molecule has 2 aromatic rings. The number of rotatable bonds is 5. The van der Waals surface area contributed by atoms with E-state index in [4.69, 9.17) is 15.6 Å². The average molecular weight is 317 g/mol. The SMILES string of the molecule is CC(O)CN.COC(C(=O)O)(c1ccccc1)c1ccccc1. The van der Waals surface area contributed by atoms with Crippen molar-refractivity contribution in [1.29, 1.82) is 0 Å². The minimum atomic E-state index is -1.46. The summed E-state index contributed by atoms with van der Waals surface area (Å²) in [7, 11) is 1.41. The molecular weight excluding hydrogens is 294 g/mol. The molecule has 4 N–H and O–H groups in total. The van der Waals surface area contributed by atoms with Crippen molar-refractivity contribution in [3.8, 4) is 0 Å². The van der Waals surface area contributed by atoms with Gasteiger partial charge in [-0.05, 0) is 18.1 Å². The quantitative estimate of drug-likeness (QED) is 0.784. The van der Waals surface area contributed by atoms with Crippen molar-refractivity contribution in [3.05, 3.63) is 71.8 Å². The van der Waals surface area contributed by atoms with E-state index in [-0.39, 0.29) is 6.10 Å². The molecule has 0 fully saturated rings. The number of hydrogen-bond acceptors (Lipinski definition) is 4. The van der Waals surface area contributed by atoms with E-state index in [1.807, 2.05) is 12.1 Å². The first-order valence-corrected chi connectivity index (χ1v) is 7.26. The lowest BCUT2D eigenvalue weighted by Crippen LogP contribution is -2.38. The number of aliphatic carboxylic acids is 1. The van der Waals surface area contributed by atoms with Crippen molar-refractivity contribution in [2.75, 3.05) is 13.7 Å². The van der Waals surface area contributed by atoms with Gasteiger partial charge in [0.15, 0.2) is 0 Å². The topological polar surface area (TPSA) is 92.8 Å². The molecule has 0 saturated heterocycles. The van der Waals surface area contributed by atoms with E-state index in [1.54, 1.807) is 55.5 Å². The Balaban J connectivity index is 0.000000463. The second kappa shape index (κ2) is 9.05. The van der Waals surface area contributed by atoms with Gasteiger partial charge in [0, 0.05) is 13.7 Å². The minimum absolute atomic E-state index is 0.338. The third kappa shape index (κ3) is 4.63. The molecule has 5 heteroatoms. The normalized spacial score (nSPS) is 12.0. The Morgan fingerprint density at radius 3 is 1.65 bits per heavy atom. The van der Waals surface area contributed by atoms with Crippen LogP contribution < -0.4 is 5.73 Å². The fourth-order valence-electron chi connectivity index (χ4n) is 2.08. The summed E-state index contributed by atoms with van der Waals surface area (Å²) in [5, 5.41) is 17.8. The van der Waals surface area contributed by atoms with E-state index in [2.05, 4.69) is 0 Å². The molecule has 5 nitrogen and oxygen atoms in total. The number of aliphatic hydroxyl groups excluding tert-OH is 1. The molecule has 1 unspecified atom stereocenters. The molecule has 0 bridgehead atoms. The summed E-state index contributed by atoms with van der Waals surface area (Å²) in [6.07, 6.45) is -0.338. The van der Waals surface area contributed by atoms with Crippen LogP contribution in [0.4, 0.5) is 0 Å². The number of nitrogens with two attached hydrogens (primary N) is 1. The van der Waals surface area contributed by atoms with E-state index < -0.39 is 11.6 Å². The maximum absolute atomic E-state index is 11.7. The van der Waals surface area contributed by atoms with Gasteiger partial charge in [0.1, 0.15) is 0 Å². The summed E-state index contributed by atoms with van der Waals surface area (Å²) >= 11 is 0. The highest BCUT2D eigenvalue weighted by molar-refractivity contribution is 5.84. The van der Waals surface area contributed by atoms with Gasteiger partial charge in [-0.15, -0.1) is 0 Å². The predicted octanol–water partition coefficient (Wildman–Crippen LogP) is 1.99. The lowest BCUT2D eigenvalue weighted by Gasteiger charge is -2.28. The second-order valence-electron chi connectivity index (χ2n) is 5.01. The van der Waals surface area contributed by atoms with Crippen LogP contribution in [0.3, 0.4) is 0 Å². The first-order chi connectivity index (χ1) is 11.0. The largest absolute Gasteiger partial charge is 0.479 e. The Morgan fingerprint density at radius 2 is 1.43 bits per heavy atom. The van der Waals surface area contributed by atoms with Crippen LogP contribution in [-0.4, -0.2) is 35.9 Å². The van der Waals surface area contributed by atoms with Gasteiger partial charge in [-0.25, -0.2) is 4.79 Å². The smallest absolute Gasteiger partial charge is 0.345 e. The molecule has 2 rings (SSSR count). The molecule has 0 heterocycles. The zero-order valence-electron chi connectivity index (χ0n) is 13.3. The van der Waals surface area contributed by atoms with Crippen molar-refractivity contribution in [3.63, 3.8) is 0 Å². The molecule has 1 atom stereocenters. The highest BCUT2D eigenvalue weighted by Crippen LogP contribution is 2.33. The van der Waals surface area contributed by atoms with Gasteiger partial charge < -0.3 is 20.7 Å². The molecule has 124 valence electrons. The average Bonchev–Trinajstić information content (AvgIpc) is 2.58. The third-order valence-corrected chi connectivity index (χ3v) is 3.31. The number of ether oxygens (including phenoxy) is 1. The van der Waals surface area contributed by atoms with Crippen molar-refractivity contribution >= 4 is 5.97 Å². The van der Waals surface area contributed by atoms with Gasteiger partial charge in [-0.3, -0.25) is 0 Å².